The molecule has 3 rings (SSSR count). The van der Waals surface area contributed by atoms with Crippen LogP contribution in [0.15, 0.2) is 54.6 Å². The Morgan fingerprint density at radius 1 is 1.07 bits per heavy atom. The molecule has 3 aromatic rings. The standard InChI is InChI=1S/C20H16F2N2O3/c1-27-20(26)18(24-19(25)13-7-9-15(21)16(22)10-13)11-14-8-6-12-4-2-3-5-17(12)23-14/h2-10,18H,11H2,1H3,(H,24,25)/t18-/m0/s1. The number of para-hydroxylation sites is 1. The highest BCUT2D eigenvalue weighted by molar-refractivity contribution is 5.96. The number of rotatable bonds is 5. The van der Waals surface area contributed by atoms with E-state index in [1.807, 2.05) is 30.3 Å². The van der Waals surface area contributed by atoms with E-state index in [2.05, 4.69) is 10.3 Å². The monoisotopic (exact) mass is 370 g/mol. The lowest BCUT2D eigenvalue weighted by atomic mass is 10.1. The zero-order valence-electron chi connectivity index (χ0n) is 14.4. The number of aromatic nitrogens is 1. The van der Waals surface area contributed by atoms with Gasteiger partial charge in [-0.25, -0.2) is 13.6 Å². The van der Waals surface area contributed by atoms with Crippen LogP contribution in [0.4, 0.5) is 8.78 Å². The highest BCUT2D eigenvalue weighted by Crippen LogP contribution is 2.14. The van der Waals surface area contributed by atoms with E-state index in [1.54, 1.807) is 6.07 Å². The van der Waals surface area contributed by atoms with Crippen LogP contribution >= 0.6 is 0 Å². The number of pyridine rings is 1. The summed E-state index contributed by atoms with van der Waals surface area (Å²) in [6, 6.07) is 12.8. The maximum absolute atomic E-state index is 13.3. The molecule has 2 aromatic carbocycles. The van der Waals surface area contributed by atoms with Crippen molar-refractivity contribution >= 4 is 22.8 Å². The summed E-state index contributed by atoms with van der Waals surface area (Å²) >= 11 is 0. The summed E-state index contributed by atoms with van der Waals surface area (Å²) in [6.07, 6.45) is 0.0902. The number of fused-ring (bicyclic) bond motifs is 1. The first-order valence-electron chi connectivity index (χ1n) is 8.16. The minimum Gasteiger partial charge on any atom is -0.467 e. The fourth-order valence-electron chi connectivity index (χ4n) is 2.65. The molecule has 0 aliphatic heterocycles. The lowest BCUT2D eigenvalue weighted by molar-refractivity contribution is -0.142. The van der Waals surface area contributed by atoms with Crippen LogP contribution in [-0.2, 0) is 16.0 Å². The van der Waals surface area contributed by atoms with Gasteiger partial charge in [0.2, 0.25) is 0 Å². The van der Waals surface area contributed by atoms with Gasteiger partial charge in [0.15, 0.2) is 11.6 Å². The van der Waals surface area contributed by atoms with Crippen LogP contribution in [0, 0.1) is 11.6 Å². The minimum atomic E-state index is -1.14. The number of methoxy groups -OCH3 is 1. The van der Waals surface area contributed by atoms with Crippen LogP contribution in [0.1, 0.15) is 16.1 Å². The van der Waals surface area contributed by atoms with Crippen molar-refractivity contribution in [1.82, 2.24) is 10.3 Å². The van der Waals surface area contributed by atoms with Crippen LogP contribution in [-0.4, -0.2) is 30.0 Å². The molecular formula is C20H16F2N2O3. The molecule has 0 saturated carbocycles. The summed E-state index contributed by atoms with van der Waals surface area (Å²) in [6.45, 7) is 0. The number of hydrogen-bond donors (Lipinski definition) is 1. The van der Waals surface area contributed by atoms with Crippen molar-refractivity contribution in [2.24, 2.45) is 0 Å². The first kappa shape index (κ1) is 18.4. The van der Waals surface area contributed by atoms with Crippen LogP contribution < -0.4 is 5.32 Å². The fourth-order valence-corrected chi connectivity index (χ4v) is 2.65. The molecule has 0 fully saturated rings. The molecule has 0 aliphatic rings. The molecule has 5 nitrogen and oxygen atoms in total. The molecular weight excluding hydrogens is 354 g/mol. The van der Waals surface area contributed by atoms with E-state index in [0.717, 1.165) is 29.1 Å². The number of amides is 1. The third-order valence-corrected chi connectivity index (χ3v) is 4.04. The van der Waals surface area contributed by atoms with Crippen molar-refractivity contribution in [1.29, 1.82) is 0 Å². The number of carbonyl (C=O) groups excluding carboxylic acids is 2. The van der Waals surface area contributed by atoms with Crippen molar-refractivity contribution in [2.45, 2.75) is 12.5 Å². The number of halogens is 2. The molecule has 1 N–H and O–H groups in total. The van der Waals surface area contributed by atoms with Crippen LogP contribution in [0.2, 0.25) is 0 Å². The number of carbonyl (C=O) groups is 2. The van der Waals surface area contributed by atoms with Crippen molar-refractivity contribution in [3.63, 3.8) is 0 Å². The molecule has 0 saturated heterocycles. The Balaban J connectivity index is 1.81. The summed E-state index contributed by atoms with van der Waals surface area (Å²) in [7, 11) is 1.20. The first-order chi connectivity index (χ1) is 13.0. The molecule has 0 bridgehead atoms. The molecule has 1 aromatic heterocycles. The molecule has 138 valence electrons. The number of esters is 1. The van der Waals surface area contributed by atoms with Crippen molar-refractivity contribution in [2.75, 3.05) is 7.11 Å². The number of benzene rings is 2. The maximum atomic E-state index is 13.3. The summed E-state index contributed by atoms with van der Waals surface area (Å²) < 4.78 is 31.1. The highest BCUT2D eigenvalue weighted by atomic mass is 19.2. The Hall–Kier alpha value is -3.35. The fraction of sp³-hybridized carbons (Fsp3) is 0.150. The van der Waals surface area contributed by atoms with Gasteiger partial charge in [0.25, 0.3) is 5.91 Å². The average Bonchev–Trinajstić information content (AvgIpc) is 2.68. The van der Waals surface area contributed by atoms with Gasteiger partial charge in [0.05, 0.1) is 12.6 Å². The predicted octanol–water partition coefficient (Wildman–Crippen LogP) is 3.03. The first-order valence-corrected chi connectivity index (χ1v) is 8.16. The second-order valence-electron chi connectivity index (χ2n) is 5.88. The third kappa shape index (κ3) is 4.25. The van der Waals surface area contributed by atoms with Gasteiger partial charge in [-0.2, -0.15) is 0 Å². The van der Waals surface area contributed by atoms with Gasteiger partial charge >= 0.3 is 5.97 Å². The smallest absolute Gasteiger partial charge is 0.328 e. The predicted molar refractivity (Wildman–Crippen MR) is 95.1 cm³/mol. The van der Waals surface area contributed by atoms with E-state index in [0.29, 0.717) is 5.69 Å². The molecule has 0 spiro atoms. The molecule has 1 amide bonds. The lowest BCUT2D eigenvalue weighted by Crippen LogP contribution is -2.43. The Morgan fingerprint density at radius 2 is 1.85 bits per heavy atom. The minimum absolute atomic E-state index is 0.0902. The van der Waals surface area contributed by atoms with Crippen molar-refractivity contribution in [3.05, 3.63) is 77.5 Å². The quantitative estimate of drug-likeness (QED) is 0.701. The van der Waals surface area contributed by atoms with Gasteiger partial charge in [0, 0.05) is 23.1 Å². The van der Waals surface area contributed by atoms with E-state index in [9.17, 15) is 18.4 Å². The Bertz CT molecular complexity index is 1010. The van der Waals surface area contributed by atoms with Crippen LogP contribution in [0.3, 0.4) is 0 Å². The largest absolute Gasteiger partial charge is 0.467 e. The van der Waals surface area contributed by atoms with Gasteiger partial charge in [-0.1, -0.05) is 24.3 Å². The zero-order valence-corrected chi connectivity index (χ0v) is 14.4. The lowest BCUT2D eigenvalue weighted by Gasteiger charge is -2.16. The second-order valence-corrected chi connectivity index (χ2v) is 5.88. The normalized spacial score (nSPS) is 11.8. The number of nitrogens with one attached hydrogen (secondary N) is 1. The topological polar surface area (TPSA) is 68.3 Å². The van der Waals surface area contributed by atoms with Gasteiger partial charge in [-0.05, 0) is 30.3 Å². The summed E-state index contributed by atoms with van der Waals surface area (Å²) in [4.78, 5) is 28.9. The maximum Gasteiger partial charge on any atom is 0.328 e. The van der Waals surface area contributed by atoms with E-state index in [4.69, 9.17) is 4.74 Å². The average molecular weight is 370 g/mol. The van der Waals surface area contributed by atoms with E-state index < -0.39 is 29.6 Å². The van der Waals surface area contributed by atoms with E-state index in [-0.39, 0.29) is 12.0 Å². The van der Waals surface area contributed by atoms with Gasteiger partial charge < -0.3 is 10.1 Å². The third-order valence-electron chi connectivity index (χ3n) is 4.04. The summed E-state index contributed by atoms with van der Waals surface area (Å²) in [5.41, 5.74) is 1.23. The molecule has 0 aliphatic carbocycles. The van der Waals surface area contributed by atoms with Gasteiger partial charge in [-0.3, -0.25) is 9.78 Å². The SMILES string of the molecule is COC(=O)[C@H](Cc1ccc2ccccc2n1)NC(=O)c1ccc(F)c(F)c1. The van der Waals surface area contributed by atoms with Crippen LogP contribution in [0.25, 0.3) is 10.9 Å². The number of ether oxygens (including phenoxy) is 1. The summed E-state index contributed by atoms with van der Waals surface area (Å²) in [5.74, 6) is -3.59. The van der Waals surface area contributed by atoms with Gasteiger partial charge in [0.1, 0.15) is 6.04 Å². The molecule has 1 atom stereocenters. The van der Waals surface area contributed by atoms with Crippen molar-refractivity contribution < 1.29 is 23.1 Å². The number of nitrogens with zero attached hydrogens (tertiary/aromatic N) is 1. The van der Waals surface area contributed by atoms with E-state index in [1.165, 1.54) is 7.11 Å². The summed E-state index contributed by atoms with van der Waals surface area (Å²) in [5, 5.41) is 3.43. The van der Waals surface area contributed by atoms with Crippen molar-refractivity contribution in [3.8, 4) is 0 Å². The molecule has 27 heavy (non-hydrogen) atoms. The molecule has 0 radical (unpaired) electrons. The van der Waals surface area contributed by atoms with E-state index >= 15 is 0 Å². The second kappa shape index (κ2) is 7.90. The molecule has 7 heteroatoms. The Labute approximate surface area is 154 Å². The highest BCUT2D eigenvalue weighted by Gasteiger charge is 2.23. The molecule has 1 heterocycles. The number of hydrogen-bond acceptors (Lipinski definition) is 4. The Kier molecular flexibility index (Phi) is 5.40. The van der Waals surface area contributed by atoms with Crippen LogP contribution in [0.5, 0.6) is 0 Å². The molecule has 0 unspecified atom stereocenters. The Morgan fingerprint density at radius 3 is 2.59 bits per heavy atom. The van der Waals surface area contributed by atoms with Gasteiger partial charge in [-0.15, -0.1) is 0 Å². The zero-order chi connectivity index (χ0) is 19.4.